The second-order valence-corrected chi connectivity index (χ2v) is 5.65. The maximum atomic E-state index is 12.7. The number of carbonyl (C=O) groups is 2. The molecule has 0 saturated heterocycles. The summed E-state index contributed by atoms with van der Waals surface area (Å²) >= 11 is 0. The van der Waals surface area contributed by atoms with Gasteiger partial charge in [0.15, 0.2) is 0 Å². The Morgan fingerprint density at radius 3 is 2.29 bits per heavy atom. The van der Waals surface area contributed by atoms with Crippen molar-refractivity contribution in [2.45, 2.75) is 0 Å². The third kappa shape index (κ3) is 4.70. The quantitative estimate of drug-likeness (QED) is 0.387. The van der Waals surface area contributed by atoms with Crippen LogP contribution in [0.2, 0.25) is 0 Å². The van der Waals surface area contributed by atoms with E-state index in [1.165, 1.54) is 36.6 Å². The normalized spacial score (nSPS) is 10.9. The van der Waals surface area contributed by atoms with E-state index in [2.05, 4.69) is 10.6 Å². The number of nitrogens with one attached hydrogen (secondary N) is 2. The SMILES string of the molecule is O=C(Nc1ccc([N+](=O)[O-])cc1)/C(=C/c1ccco1)NC(=O)c1ccccc1. The highest BCUT2D eigenvalue weighted by Crippen LogP contribution is 2.16. The Morgan fingerprint density at radius 1 is 0.964 bits per heavy atom. The number of nitro groups is 1. The van der Waals surface area contributed by atoms with Gasteiger partial charge in [-0.3, -0.25) is 19.7 Å². The number of carbonyl (C=O) groups excluding carboxylic acids is 2. The summed E-state index contributed by atoms with van der Waals surface area (Å²) in [4.78, 5) is 35.3. The minimum absolute atomic E-state index is 0.0397. The number of nitro benzene ring substituents is 1. The predicted molar refractivity (Wildman–Crippen MR) is 102 cm³/mol. The van der Waals surface area contributed by atoms with Crippen LogP contribution in [0, 0.1) is 10.1 Å². The Bertz CT molecular complexity index is 1010. The lowest BCUT2D eigenvalue weighted by Crippen LogP contribution is -2.30. The fraction of sp³-hybridized carbons (Fsp3) is 0. The molecule has 1 heterocycles. The molecule has 0 radical (unpaired) electrons. The topological polar surface area (TPSA) is 114 Å². The average Bonchev–Trinajstić information content (AvgIpc) is 3.21. The van der Waals surface area contributed by atoms with Gasteiger partial charge in [-0.25, -0.2) is 0 Å². The Morgan fingerprint density at radius 2 is 1.68 bits per heavy atom. The Balaban J connectivity index is 1.81. The van der Waals surface area contributed by atoms with Crippen molar-refractivity contribution in [2.24, 2.45) is 0 Å². The molecule has 3 rings (SSSR count). The summed E-state index contributed by atoms with van der Waals surface area (Å²) in [7, 11) is 0. The van der Waals surface area contributed by atoms with Gasteiger partial charge in [0, 0.05) is 29.5 Å². The van der Waals surface area contributed by atoms with Crippen molar-refractivity contribution in [3.05, 3.63) is 100 Å². The van der Waals surface area contributed by atoms with E-state index < -0.39 is 16.7 Å². The summed E-state index contributed by atoms with van der Waals surface area (Å²) < 4.78 is 5.21. The lowest BCUT2D eigenvalue weighted by Gasteiger charge is -2.11. The van der Waals surface area contributed by atoms with E-state index in [0.717, 1.165) is 0 Å². The second kappa shape index (κ2) is 8.45. The summed E-state index contributed by atoms with van der Waals surface area (Å²) in [5.41, 5.74) is 0.592. The van der Waals surface area contributed by atoms with Crippen molar-refractivity contribution in [3.8, 4) is 0 Å². The smallest absolute Gasteiger partial charge is 0.272 e. The van der Waals surface area contributed by atoms with Crippen LogP contribution in [0.3, 0.4) is 0 Å². The van der Waals surface area contributed by atoms with Gasteiger partial charge in [0.05, 0.1) is 11.2 Å². The molecule has 0 saturated carbocycles. The van der Waals surface area contributed by atoms with Crippen LogP contribution in [0.5, 0.6) is 0 Å². The van der Waals surface area contributed by atoms with Crippen LogP contribution in [0.1, 0.15) is 16.1 Å². The van der Waals surface area contributed by atoms with Crippen molar-refractivity contribution in [2.75, 3.05) is 5.32 Å². The van der Waals surface area contributed by atoms with E-state index in [0.29, 0.717) is 17.0 Å². The highest BCUT2D eigenvalue weighted by atomic mass is 16.6. The number of anilines is 1. The molecule has 2 amide bonds. The van der Waals surface area contributed by atoms with Gasteiger partial charge in [0.1, 0.15) is 11.5 Å². The molecule has 0 spiro atoms. The van der Waals surface area contributed by atoms with Crippen LogP contribution in [-0.4, -0.2) is 16.7 Å². The lowest BCUT2D eigenvalue weighted by molar-refractivity contribution is -0.384. The molecule has 140 valence electrons. The first-order valence-electron chi connectivity index (χ1n) is 8.20. The maximum absolute atomic E-state index is 12.7. The Kier molecular flexibility index (Phi) is 5.61. The zero-order valence-corrected chi connectivity index (χ0v) is 14.5. The largest absolute Gasteiger partial charge is 0.465 e. The molecule has 2 aromatic carbocycles. The number of furan rings is 1. The van der Waals surface area contributed by atoms with Crippen molar-refractivity contribution in [3.63, 3.8) is 0 Å². The van der Waals surface area contributed by atoms with E-state index in [4.69, 9.17) is 4.42 Å². The predicted octanol–water partition coefficient (Wildman–Crippen LogP) is 3.60. The van der Waals surface area contributed by atoms with E-state index in [9.17, 15) is 19.7 Å². The first kappa shape index (κ1) is 18.6. The molecular weight excluding hydrogens is 362 g/mol. The number of benzene rings is 2. The van der Waals surface area contributed by atoms with Gasteiger partial charge in [-0.1, -0.05) is 18.2 Å². The van der Waals surface area contributed by atoms with Crippen LogP contribution in [0.4, 0.5) is 11.4 Å². The van der Waals surface area contributed by atoms with Crippen LogP contribution in [0.15, 0.2) is 83.1 Å². The molecule has 0 aliphatic rings. The molecule has 0 atom stereocenters. The molecule has 0 fully saturated rings. The van der Waals surface area contributed by atoms with Gasteiger partial charge in [-0.05, 0) is 36.4 Å². The summed E-state index contributed by atoms with van der Waals surface area (Å²) in [5.74, 6) is -0.686. The first-order valence-corrected chi connectivity index (χ1v) is 8.20. The molecule has 0 unspecified atom stereocenters. The van der Waals surface area contributed by atoms with E-state index in [-0.39, 0.29) is 11.4 Å². The van der Waals surface area contributed by atoms with Gasteiger partial charge in [0.25, 0.3) is 17.5 Å². The molecular formula is C20H15N3O5. The third-order valence-corrected chi connectivity index (χ3v) is 3.69. The third-order valence-electron chi connectivity index (χ3n) is 3.69. The van der Waals surface area contributed by atoms with Crippen LogP contribution < -0.4 is 10.6 Å². The summed E-state index contributed by atoms with van der Waals surface area (Å²) in [5, 5.41) is 15.9. The van der Waals surface area contributed by atoms with E-state index in [1.807, 2.05) is 0 Å². The molecule has 28 heavy (non-hydrogen) atoms. The number of hydrogen-bond acceptors (Lipinski definition) is 5. The van der Waals surface area contributed by atoms with Gasteiger partial charge < -0.3 is 15.1 Å². The minimum Gasteiger partial charge on any atom is -0.465 e. The molecule has 0 bridgehead atoms. The van der Waals surface area contributed by atoms with Crippen LogP contribution >= 0.6 is 0 Å². The number of amides is 2. The van der Waals surface area contributed by atoms with Gasteiger partial charge in [-0.2, -0.15) is 0 Å². The average molecular weight is 377 g/mol. The van der Waals surface area contributed by atoms with Crippen molar-refractivity contribution >= 4 is 29.3 Å². The van der Waals surface area contributed by atoms with Crippen molar-refractivity contribution < 1.29 is 18.9 Å². The molecule has 2 N–H and O–H groups in total. The fourth-order valence-corrected chi connectivity index (χ4v) is 2.32. The molecule has 8 nitrogen and oxygen atoms in total. The molecule has 8 heteroatoms. The standard InChI is InChI=1S/C20H15N3O5/c24-19(14-5-2-1-3-6-14)22-18(13-17-7-4-12-28-17)20(25)21-15-8-10-16(11-9-15)23(26)27/h1-13H,(H,21,25)(H,22,24)/b18-13-. The number of hydrogen-bond donors (Lipinski definition) is 2. The van der Waals surface area contributed by atoms with Gasteiger partial charge in [-0.15, -0.1) is 0 Å². The molecule has 0 aliphatic heterocycles. The van der Waals surface area contributed by atoms with E-state index >= 15 is 0 Å². The number of rotatable bonds is 6. The van der Waals surface area contributed by atoms with Gasteiger partial charge in [0.2, 0.25) is 0 Å². The Labute approximate surface area is 159 Å². The molecule has 3 aromatic rings. The molecule has 1 aromatic heterocycles. The highest BCUT2D eigenvalue weighted by Gasteiger charge is 2.16. The first-order chi connectivity index (χ1) is 13.5. The lowest BCUT2D eigenvalue weighted by atomic mass is 10.2. The minimum atomic E-state index is -0.602. The van der Waals surface area contributed by atoms with Crippen molar-refractivity contribution in [1.29, 1.82) is 0 Å². The van der Waals surface area contributed by atoms with Crippen LogP contribution in [0.25, 0.3) is 6.08 Å². The zero-order chi connectivity index (χ0) is 19.9. The zero-order valence-electron chi connectivity index (χ0n) is 14.5. The van der Waals surface area contributed by atoms with E-state index in [1.54, 1.807) is 42.5 Å². The molecule has 0 aliphatic carbocycles. The van der Waals surface area contributed by atoms with Gasteiger partial charge >= 0.3 is 0 Å². The highest BCUT2D eigenvalue weighted by molar-refractivity contribution is 6.10. The number of nitrogens with zero attached hydrogens (tertiary/aromatic N) is 1. The second-order valence-electron chi connectivity index (χ2n) is 5.65. The number of non-ortho nitro benzene ring substituents is 1. The fourth-order valence-electron chi connectivity index (χ4n) is 2.32. The van der Waals surface area contributed by atoms with Crippen LogP contribution in [-0.2, 0) is 4.79 Å². The monoisotopic (exact) mass is 377 g/mol. The summed E-state index contributed by atoms with van der Waals surface area (Å²) in [6.45, 7) is 0. The maximum Gasteiger partial charge on any atom is 0.272 e. The summed E-state index contributed by atoms with van der Waals surface area (Å²) in [6, 6.07) is 17.1. The van der Waals surface area contributed by atoms with Crippen molar-refractivity contribution in [1.82, 2.24) is 5.32 Å². The summed E-state index contributed by atoms with van der Waals surface area (Å²) in [6.07, 6.45) is 2.83. The Hall–Kier alpha value is -4.20.